The van der Waals surface area contributed by atoms with Gasteiger partial charge in [0.15, 0.2) is 5.78 Å². The van der Waals surface area contributed by atoms with Crippen LogP contribution in [0.3, 0.4) is 0 Å². The molecule has 2 aromatic rings. The molecule has 0 spiro atoms. The summed E-state index contributed by atoms with van der Waals surface area (Å²) in [6, 6.07) is 10.2. The molecule has 1 aromatic carbocycles. The van der Waals surface area contributed by atoms with Crippen LogP contribution in [0.4, 0.5) is 0 Å². The van der Waals surface area contributed by atoms with Crippen LogP contribution < -0.4 is 0 Å². The Hall–Kier alpha value is -1.50. The van der Waals surface area contributed by atoms with E-state index < -0.39 is 10.1 Å². The molecule has 0 aliphatic rings. The van der Waals surface area contributed by atoms with Gasteiger partial charge in [0.1, 0.15) is 0 Å². The van der Waals surface area contributed by atoms with Gasteiger partial charge in [-0.05, 0) is 61.9 Å². The fraction of sp³-hybridized carbons (Fsp3) is 0.353. The second-order valence-electron chi connectivity index (χ2n) is 5.79. The molecule has 1 heterocycles. The maximum absolute atomic E-state index is 11.3. The van der Waals surface area contributed by atoms with E-state index in [1.807, 2.05) is 12.1 Å². The smallest absolute Gasteiger partial charge is 0.294 e. The quantitative estimate of drug-likeness (QED) is 0.604. The Morgan fingerprint density at radius 3 is 2.35 bits per heavy atom. The Balaban J connectivity index is 1.89. The van der Waals surface area contributed by atoms with E-state index >= 15 is 0 Å². The molecular formula is C17H20O4S2. The minimum atomic E-state index is -4.13. The lowest BCUT2D eigenvalue weighted by Gasteiger charge is -2.11. The Kier molecular flexibility index (Phi) is 5.73. The van der Waals surface area contributed by atoms with Gasteiger partial charge in [0.25, 0.3) is 10.1 Å². The van der Waals surface area contributed by atoms with E-state index in [1.165, 1.54) is 17.0 Å². The molecule has 1 unspecified atom stereocenters. The molecule has 6 heteroatoms. The monoisotopic (exact) mass is 352 g/mol. The molecule has 0 aliphatic heterocycles. The third-order valence-corrected chi connectivity index (χ3v) is 5.81. The summed E-state index contributed by atoms with van der Waals surface area (Å²) >= 11 is 1.55. The summed E-state index contributed by atoms with van der Waals surface area (Å²) in [6.07, 6.45) is 2.77. The summed E-state index contributed by atoms with van der Waals surface area (Å²) in [6.45, 7) is 3.73. The van der Waals surface area contributed by atoms with Gasteiger partial charge in [-0.3, -0.25) is 9.35 Å². The van der Waals surface area contributed by atoms with Crippen LogP contribution in [0, 0.1) is 5.92 Å². The first-order valence-electron chi connectivity index (χ1n) is 7.42. The van der Waals surface area contributed by atoms with E-state index in [0.29, 0.717) is 5.92 Å². The fourth-order valence-electron chi connectivity index (χ4n) is 2.39. The SMILES string of the molecule is CC(=O)c1ccc(CCC(C)Cc2ccc(S(=O)(=O)O)cc2)s1. The molecule has 1 aromatic heterocycles. The highest BCUT2D eigenvalue weighted by Crippen LogP contribution is 2.22. The van der Waals surface area contributed by atoms with Gasteiger partial charge in [-0.15, -0.1) is 11.3 Å². The maximum Gasteiger partial charge on any atom is 0.294 e. The molecule has 124 valence electrons. The van der Waals surface area contributed by atoms with Gasteiger partial charge in [-0.1, -0.05) is 19.1 Å². The Labute approximate surface area is 140 Å². The van der Waals surface area contributed by atoms with Crippen molar-refractivity contribution in [3.63, 3.8) is 0 Å². The lowest BCUT2D eigenvalue weighted by atomic mass is 9.96. The van der Waals surface area contributed by atoms with Crippen molar-refractivity contribution in [2.45, 2.75) is 38.0 Å². The number of thiophene rings is 1. The molecule has 0 fully saturated rings. The molecule has 0 aliphatic carbocycles. The number of rotatable bonds is 7. The third kappa shape index (κ3) is 5.27. The van der Waals surface area contributed by atoms with Crippen LogP contribution in [-0.4, -0.2) is 18.8 Å². The topological polar surface area (TPSA) is 71.4 Å². The highest BCUT2D eigenvalue weighted by atomic mass is 32.2. The predicted octanol–water partition coefficient (Wildman–Crippen LogP) is 4.01. The molecule has 1 N–H and O–H groups in total. The number of benzene rings is 1. The molecule has 4 nitrogen and oxygen atoms in total. The van der Waals surface area contributed by atoms with Crippen molar-refractivity contribution in [2.75, 3.05) is 0 Å². The standard InChI is InChI=1S/C17H20O4S2/c1-12(3-6-15-7-10-17(22-15)13(2)18)11-14-4-8-16(9-5-14)23(19,20)21/h4-5,7-10,12H,3,6,11H2,1-2H3,(H,19,20,21). The van der Waals surface area contributed by atoms with Crippen LogP contribution in [0.25, 0.3) is 0 Å². The van der Waals surface area contributed by atoms with Gasteiger partial charge >= 0.3 is 0 Å². The molecular weight excluding hydrogens is 332 g/mol. The average Bonchev–Trinajstić information content (AvgIpc) is 2.94. The Morgan fingerprint density at radius 2 is 1.83 bits per heavy atom. The molecule has 2 rings (SSSR count). The zero-order valence-electron chi connectivity index (χ0n) is 13.2. The van der Waals surface area contributed by atoms with Crippen LogP contribution in [-0.2, 0) is 23.0 Å². The Bertz CT molecular complexity index is 773. The highest BCUT2D eigenvalue weighted by molar-refractivity contribution is 7.85. The van der Waals surface area contributed by atoms with Crippen molar-refractivity contribution in [3.05, 3.63) is 51.7 Å². The largest absolute Gasteiger partial charge is 0.294 e. The van der Waals surface area contributed by atoms with Crippen LogP contribution in [0.15, 0.2) is 41.3 Å². The van der Waals surface area contributed by atoms with Crippen LogP contribution in [0.2, 0.25) is 0 Å². The van der Waals surface area contributed by atoms with Gasteiger partial charge in [0.2, 0.25) is 0 Å². The molecule has 0 bridgehead atoms. The average molecular weight is 352 g/mol. The third-order valence-electron chi connectivity index (χ3n) is 3.70. The first kappa shape index (κ1) is 17.8. The predicted molar refractivity (Wildman–Crippen MR) is 91.8 cm³/mol. The van der Waals surface area contributed by atoms with E-state index in [9.17, 15) is 13.2 Å². The van der Waals surface area contributed by atoms with Crippen LogP contribution in [0.1, 0.15) is 40.4 Å². The van der Waals surface area contributed by atoms with Crippen molar-refractivity contribution in [1.29, 1.82) is 0 Å². The second-order valence-corrected chi connectivity index (χ2v) is 8.38. The minimum absolute atomic E-state index is 0.0794. The van der Waals surface area contributed by atoms with Gasteiger partial charge in [0, 0.05) is 4.88 Å². The van der Waals surface area contributed by atoms with E-state index in [4.69, 9.17) is 4.55 Å². The van der Waals surface area contributed by atoms with Crippen molar-refractivity contribution < 1.29 is 17.8 Å². The van der Waals surface area contributed by atoms with Gasteiger partial charge in [0.05, 0.1) is 9.77 Å². The van der Waals surface area contributed by atoms with Gasteiger partial charge in [-0.25, -0.2) is 0 Å². The lowest BCUT2D eigenvalue weighted by molar-refractivity contribution is 0.102. The molecule has 0 radical (unpaired) electrons. The summed E-state index contributed by atoms with van der Waals surface area (Å²) in [4.78, 5) is 13.2. The normalized spacial score (nSPS) is 13.0. The molecule has 1 atom stereocenters. The number of carbonyl (C=O) groups excluding carboxylic acids is 1. The summed E-state index contributed by atoms with van der Waals surface area (Å²) in [5, 5.41) is 0. The number of hydrogen-bond donors (Lipinski definition) is 1. The number of ketones is 1. The lowest BCUT2D eigenvalue weighted by Crippen LogP contribution is -2.02. The number of Topliss-reactive ketones (excluding diaryl/α,β-unsaturated/α-hetero) is 1. The van der Waals surface area contributed by atoms with Gasteiger partial charge in [-0.2, -0.15) is 8.42 Å². The molecule has 0 amide bonds. The van der Waals surface area contributed by atoms with Crippen molar-refractivity contribution in [3.8, 4) is 0 Å². The van der Waals surface area contributed by atoms with Crippen LogP contribution in [0.5, 0.6) is 0 Å². The van der Waals surface area contributed by atoms with Crippen molar-refractivity contribution >= 4 is 27.2 Å². The molecule has 0 saturated heterocycles. The zero-order valence-corrected chi connectivity index (χ0v) is 14.8. The van der Waals surface area contributed by atoms with Crippen LogP contribution >= 0.6 is 11.3 Å². The minimum Gasteiger partial charge on any atom is -0.294 e. The zero-order chi connectivity index (χ0) is 17.0. The maximum atomic E-state index is 11.3. The Morgan fingerprint density at radius 1 is 1.17 bits per heavy atom. The van der Waals surface area contributed by atoms with Crippen molar-refractivity contribution in [1.82, 2.24) is 0 Å². The van der Waals surface area contributed by atoms with E-state index in [1.54, 1.807) is 30.4 Å². The molecule has 0 saturated carbocycles. The number of hydrogen-bond acceptors (Lipinski definition) is 4. The van der Waals surface area contributed by atoms with Gasteiger partial charge < -0.3 is 0 Å². The first-order valence-corrected chi connectivity index (χ1v) is 9.67. The molecule has 23 heavy (non-hydrogen) atoms. The van der Waals surface area contributed by atoms with E-state index in [-0.39, 0.29) is 10.7 Å². The summed E-state index contributed by atoms with van der Waals surface area (Å²) in [5.74, 6) is 0.544. The van der Waals surface area contributed by atoms with Crippen molar-refractivity contribution in [2.24, 2.45) is 5.92 Å². The summed E-state index contributed by atoms with van der Waals surface area (Å²) in [7, 11) is -4.13. The second kappa shape index (κ2) is 7.38. The highest BCUT2D eigenvalue weighted by Gasteiger charge is 2.11. The number of aryl methyl sites for hydroxylation is 1. The van der Waals surface area contributed by atoms with E-state index in [0.717, 1.165) is 29.7 Å². The summed E-state index contributed by atoms with van der Waals surface area (Å²) < 4.78 is 31.0. The number of carbonyl (C=O) groups is 1. The summed E-state index contributed by atoms with van der Waals surface area (Å²) in [5.41, 5.74) is 1.04. The first-order chi connectivity index (χ1) is 10.8. The fourth-order valence-corrected chi connectivity index (χ4v) is 3.79. The van der Waals surface area contributed by atoms with E-state index in [2.05, 4.69) is 6.92 Å².